The van der Waals surface area contributed by atoms with Gasteiger partial charge < -0.3 is 26.4 Å². The van der Waals surface area contributed by atoms with Gasteiger partial charge in [-0.15, -0.1) is 0 Å². The molecule has 0 aliphatic carbocycles. The molecule has 10 heteroatoms. The third-order valence-corrected chi connectivity index (χ3v) is 5.11. The molecule has 1 rings (SSSR count). The van der Waals surface area contributed by atoms with Crippen LogP contribution in [0.4, 0.5) is 0 Å². The number of carboxylic acid groups (broad SMARTS) is 1. The zero-order chi connectivity index (χ0) is 20.6. The van der Waals surface area contributed by atoms with Crippen LogP contribution in [0.5, 0.6) is 0 Å². The molecule has 3 amide bonds. The third-order valence-electron chi connectivity index (χ3n) is 4.46. The van der Waals surface area contributed by atoms with Crippen molar-refractivity contribution in [1.29, 1.82) is 0 Å². The lowest BCUT2D eigenvalue weighted by Crippen LogP contribution is -2.53. The van der Waals surface area contributed by atoms with Crippen LogP contribution in [0.15, 0.2) is 0 Å². The Labute approximate surface area is 163 Å². The van der Waals surface area contributed by atoms with Crippen molar-refractivity contribution in [2.24, 2.45) is 11.7 Å². The van der Waals surface area contributed by atoms with Gasteiger partial charge in [-0.05, 0) is 37.2 Å². The lowest BCUT2D eigenvalue weighted by atomic mass is 10.0. The fourth-order valence-electron chi connectivity index (χ4n) is 2.91. The molecule has 1 saturated heterocycles. The van der Waals surface area contributed by atoms with Crippen molar-refractivity contribution in [2.75, 3.05) is 25.1 Å². The number of amides is 3. The maximum atomic E-state index is 12.5. The first-order valence-electron chi connectivity index (χ1n) is 9.03. The van der Waals surface area contributed by atoms with E-state index in [9.17, 15) is 19.2 Å². The van der Waals surface area contributed by atoms with Crippen molar-refractivity contribution < 1.29 is 24.3 Å². The molecule has 3 atom stereocenters. The number of nitrogens with one attached hydrogen (secondary N) is 2. The van der Waals surface area contributed by atoms with Gasteiger partial charge in [0.25, 0.3) is 0 Å². The highest BCUT2D eigenvalue weighted by atomic mass is 32.2. The molecule has 1 aliphatic heterocycles. The summed E-state index contributed by atoms with van der Waals surface area (Å²) in [5.74, 6) is -1.92. The van der Waals surface area contributed by atoms with E-state index in [1.807, 2.05) is 6.26 Å². The summed E-state index contributed by atoms with van der Waals surface area (Å²) in [6.45, 7) is 3.48. The highest BCUT2D eigenvalue weighted by Gasteiger charge is 2.36. The minimum atomic E-state index is -1.13. The number of thioether (sulfide) groups is 1. The van der Waals surface area contributed by atoms with E-state index in [0.29, 0.717) is 25.8 Å². The van der Waals surface area contributed by atoms with Gasteiger partial charge in [-0.25, -0.2) is 4.79 Å². The van der Waals surface area contributed by atoms with E-state index in [0.717, 1.165) is 5.75 Å². The lowest BCUT2D eigenvalue weighted by molar-refractivity contribution is -0.143. The maximum absolute atomic E-state index is 12.5. The third kappa shape index (κ3) is 7.02. The summed E-state index contributed by atoms with van der Waals surface area (Å²) in [6, 6.07) is -2.31. The normalized spacial score (nSPS) is 18.9. The monoisotopic (exact) mass is 402 g/mol. The number of hydrogen-bond donors (Lipinski definition) is 4. The molecule has 1 fully saturated rings. The van der Waals surface area contributed by atoms with Crippen LogP contribution in [0, 0.1) is 5.92 Å². The summed E-state index contributed by atoms with van der Waals surface area (Å²) in [7, 11) is 0. The Balaban J connectivity index is 2.56. The second kappa shape index (κ2) is 11.1. The highest BCUT2D eigenvalue weighted by Crippen LogP contribution is 2.19. The predicted octanol–water partition coefficient (Wildman–Crippen LogP) is -0.601. The maximum Gasteiger partial charge on any atom is 0.326 e. The highest BCUT2D eigenvalue weighted by molar-refractivity contribution is 7.98. The first-order chi connectivity index (χ1) is 12.7. The molecular formula is C17H30N4O5S. The number of hydrogen-bond acceptors (Lipinski definition) is 6. The Kier molecular flexibility index (Phi) is 9.57. The molecule has 1 aliphatic rings. The Morgan fingerprint density at radius 1 is 1.30 bits per heavy atom. The van der Waals surface area contributed by atoms with Crippen LogP contribution in [0.1, 0.15) is 33.1 Å². The SMILES string of the molecule is CSCCC(N)C(=O)N1CCCC1C(=O)NCC(=O)NC(C(=O)O)C(C)C. The van der Waals surface area contributed by atoms with Crippen molar-refractivity contribution in [2.45, 2.75) is 51.2 Å². The van der Waals surface area contributed by atoms with Gasteiger partial charge in [0.1, 0.15) is 12.1 Å². The number of rotatable bonds is 10. The summed E-state index contributed by atoms with van der Waals surface area (Å²) < 4.78 is 0. The van der Waals surface area contributed by atoms with E-state index in [1.165, 1.54) is 4.90 Å². The van der Waals surface area contributed by atoms with Crippen LogP contribution in [0.2, 0.25) is 0 Å². The number of carboxylic acids is 1. The van der Waals surface area contributed by atoms with E-state index in [2.05, 4.69) is 10.6 Å². The Morgan fingerprint density at radius 2 is 1.96 bits per heavy atom. The van der Waals surface area contributed by atoms with Crippen LogP contribution in [-0.4, -0.2) is 76.9 Å². The fraction of sp³-hybridized carbons (Fsp3) is 0.765. The van der Waals surface area contributed by atoms with E-state index >= 15 is 0 Å². The summed E-state index contributed by atoms with van der Waals surface area (Å²) in [4.78, 5) is 49.4. The van der Waals surface area contributed by atoms with Gasteiger partial charge in [-0.2, -0.15) is 11.8 Å². The van der Waals surface area contributed by atoms with E-state index < -0.39 is 35.9 Å². The van der Waals surface area contributed by atoms with Gasteiger partial charge in [-0.3, -0.25) is 14.4 Å². The first kappa shape index (κ1) is 23.2. The summed E-state index contributed by atoms with van der Waals surface area (Å²) in [6.07, 6.45) is 3.68. The van der Waals surface area contributed by atoms with Crippen LogP contribution in [0.25, 0.3) is 0 Å². The van der Waals surface area contributed by atoms with E-state index in [4.69, 9.17) is 10.8 Å². The molecule has 0 aromatic rings. The van der Waals surface area contributed by atoms with Crippen LogP contribution in [0.3, 0.4) is 0 Å². The molecular weight excluding hydrogens is 372 g/mol. The Hall–Kier alpha value is -1.81. The molecule has 0 spiro atoms. The van der Waals surface area contributed by atoms with Gasteiger partial charge in [0.2, 0.25) is 17.7 Å². The number of carbonyl (C=O) groups excluding carboxylic acids is 3. The molecule has 27 heavy (non-hydrogen) atoms. The van der Waals surface area contributed by atoms with Crippen molar-refractivity contribution in [3.63, 3.8) is 0 Å². The van der Waals surface area contributed by atoms with Gasteiger partial charge >= 0.3 is 5.97 Å². The zero-order valence-electron chi connectivity index (χ0n) is 16.1. The van der Waals surface area contributed by atoms with Gasteiger partial charge in [0.05, 0.1) is 12.6 Å². The number of nitrogens with zero attached hydrogens (tertiary/aromatic N) is 1. The van der Waals surface area contributed by atoms with Crippen LogP contribution < -0.4 is 16.4 Å². The molecule has 0 aromatic carbocycles. The van der Waals surface area contributed by atoms with Gasteiger partial charge in [0.15, 0.2) is 0 Å². The topological polar surface area (TPSA) is 142 Å². The Morgan fingerprint density at radius 3 is 2.52 bits per heavy atom. The van der Waals surface area contributed by atoms with E-state index in [-0.39, 0.29) is 18.4 Å². The summed E-state index contributed by atoms with van der Waals surface area (Å²) in [5.41, 5.74) is 5.92. The molecule has 0 aromatic heterocycles. The number of nitrogens with two attached hydrogens (primary N) is 1. The van der Waals surface area contributed by atoms with Crippen LogP contribution in [-0.2, 0) is 19.2 Å². The first-order valence-corrected chi connectivity index (χ1v) is 10.4. The van der Waals surface area contributed by atoms with Crippen molar-refractivity contribution >= 4 is 35.5 Å². The minimum Gasteiger partial charge on any atom is -0.480 e. The molecule has 0 radical (unpaired) electrons. The molecule has 0 bridgehead atoms. The average molecular weight is 403 g/mol. The smallest absolute Gasteiger partial charge is 0.326 e. The molecule has 3 unspecified atom stereocenters. The number of aliphatic carboxylic acids is 1. The largest absolute Gasteiger partial charge is 0.480 e. The van der Waals surface area contributed by atoms with Crippen molar-refractivity contribution in [1.82, 2.24) is 15.5 Å². The molecule has 1 heterocycles. The molecule has 154 valence electrons. The molecule has 5 N–H and O–H groups in total. The summed E-state index contributed by atoms with van der Waals surface area (Å²) in [5, 5.41) is 14.0. The summed E-state index contributed by atoms with van der Waals surface area (Å²) >= 11 is 1.60. The second-order valence-electron chi connectivity index (χ2n) is 6.92. The van der Waals surface area contributed by atoms with Crippen molar-refractivity contribution in [3.05, 3.63) is 0 Å². The quantitative estimate of drug-likeness (QED) is 0.382. The predicted molar refractivity (Wildman–Crippen MR) is 103 cm³/mol. The van der Waals surface area contributed by atoms with Gasteiger partial charge in [0, 0.05) is 6.54 Å². The molecule has 9 nitrogen and oxygen atoms in total. The number of carbonyl (C=O) groups is 4. The van der Waals surface area contributed by atoms with Gasteiger partial charge in [-0.1, -0.05) is 13.8 Å². The lowest BCUT2D eigenvalue weighted by Gasteiger charge is -2.26. The standard InChI is InChI=1S/C17H30N4O5S/c1-10(2)14(17(25)26)20-13(22)9-19-15(23)12-5-4-7-21(12)16(24)11(18)6-8-27-3/h10-12,14H,4-9,18H2,1-3H3,(H,19,23)(H,20,22)(H,25,26). The van der Waals surface area contributed by atoms with Crippen LogP contribution >= 0.6 is 11.8 Å². The average Bonchev–Trinajstić information content (AvgIpc) is 3.10. The van der Waals surface area contributed by atoms with E-state index in [1.54, 1.807) is 25.6 Å². The minimum absolute atomic E-state index is 0.253. The van der Waals surface area contributed by atoms with Crippen molar-refractivity contribution in [3.8, 4) is 0 Å². The number of likely N-dealkylation sites (tertiary alicyclic amines) is 1. The Bertz CT molecular complexity index is 557. The molecule has 0 saturated carbocycles. The zero-order valence-corrected chi connectivity index (χ0v) is 16.9. The fourth-order valence-corrected chi connectivity index (χ4v) is 3.40. The second-order valence-corrected chi connectivity index (χ2v) is 7.91.